The summed E-state index contributed by atoms with van der Waals surface area (Å²) in [5, 5.41) is 11.6. The van der Waals surface area contributed by atoms with Crippen molar-refractivity contribution in [1.82, 2.24) is 14.3 Å². The molecule has 1 unspecified atom stereocenters. The van der Waals surface area contributed by atoms with Gasteiger partial charge in [0.15, 0.2) is 5.76 Å². The number of likely N-dealkylation sites (tertiary alicyclic amines) is 1. The van der Waals surface area contributed by atoms with E-state index in [1.54, 1.807) is 41.8 Å². The number of aromatic nitrogens is 2. The van der Waals surface area contributed by atoms with Crippen LogP contribution >= 0.6 is 0 Å². The molecule has 0 saturated carbocycles. The normalized spacial score (nSPS) is 17.0. The number of pyridine rings is 1. The minimum atomic E-state index is -0.814. The number of hydrogen-bond acceptors (Lipinski definition) is 5. The zero-order valence-corrected chi connectivity index (χ0v) is 19.8. The van der Waals surface area contributed by atoms with Crippen molar-refractivity contribution in [3.05, 3.63) is 120 Å². The summed E-state index contributed by atoms with van der Waals surface area (Å²) in [5.74, 6) is -1.10. The van der Waals surface area contributed by atoms with Gasteiger partial charge >= 0.3 is 0 Å². The van der Waals surface area contributed by atoms with Gasteiger partial charge in [-0.15, -0.1) is 0 Å². The molecule has 1 fully saturated rings. The Morgan fingerprint density at radius 2 is 1.86 bits per heavy atom. The van der Waals surface area contributed by atoms with Crippen LogP contribution in [-0.2, 0) is 16.1 Å². The monoisotopic (exact) mass is 479 g/mol. The second kappa shape index (κ2) is 9.54. The van der Waals surface area contributed by atoms with Crippen molar-refractivity contribution in [3.8, 4) is 5.75 Å². The minimum absolute atomic E-state index is 0.0190. The summed E-state index contributed by atoms with van der Waals surface area (Å²) in [5.41, 5.74) is 3.10. The van der Waals surface area contributed by atoms with Crippen LogP contribution in [-0.4, -0.2) is 37.7 Å². The number of ether oxygens (including phenoxy) is 1. The molecule has 4 aromatic rings. The Morgan fingerprint density at radius 1 is 1.08 bits per heavy atom. The lowest BCUT2D eigenvalue weighted by molar-refractivity contribution is -0.140. The van der Waals surface area contributed by atoms with Gasteiger partial charge in [-0.2, -0.15) is 0 Å². The molecule has 7 nitrogen and oxygen atoms in total. The molecule has 1 aliphatic rings. The van der Waals surface area contributed by atoms with Crippen LogP contribution in [0.15, 0.2) is 97.2 Å². The summed E-state index contributed by atoms with van der Waals surface area (Å²) < 4.78 is 7.43. The Bertz CT molecular complexity index is 1500. The van der Waals surface area contributed by atoms with E-state index in [0.717, 1.165) is 5.56 Å². The Labute approximate surface area is 208 Å². The summed E-state index contributed by atoms with van der Waals surface area (Å²) in [6.45, 7) is 5.96. The van der Waals surface area contributed by atoms with E-state index >= 15 is 0 Å². The first kappa shape index (κ1) is 23.1. The molecule has 2 aromatic heterocycles. The van der Waals surface area contributed by atoms with Crippen LogP contribution in [0.4, 0.5) is 0 Å². The van der Waals surface area contributed by atoms with Crippen LogP contribution in [0.1, 0.15) is 28.6 Å². The van der Waals surface area contributed by atoms with Gasteiger partial charge < -0.3 is 14.7 Å². The number of aryl methyl sites for hydroxylation is 1. The van der Waals surface area contributed by atoms with Gasteiger partial charge in [0, 0.05) is 12.7 Å². The minimum Gasteiger partial charge on any atom is -0.505 e. The number of aliphatic hydroxyl groups excluding tert-OH is 1. The fraction of sp³-hybridized carbons (Fsp3) is 0.138. The number of carbonyl (C=O) groups excluding carboxylic acids is 2. The molecule has 36 heavy (non-hydrogen) atoms. The molecule has 180 valence electrons. The van der Waals surface area contributed by atoms with Crippen molar-refractivity contribution < 1.29 is 19.4 Å². The molecule has 0 bridgehead atoms. The number of aliphatic hydroxyl groups is 1. The van der Waals surface area contributed by atoms with Crippen molar-refractivity contribution in [3.63, 3.8) is 0 Å². The molecule has 0 radical (unpaired) electrons. The molecule has 1 saturated heterocycles. The van der Waals surface area contributed by atoms with Crippen LogP contribution in [0.25, 0.3) is 11.4 Å². The van der Waals surface area contributed by atoms with Crippen LogP contribution in [0, 0.1) is 6.92 Å². The van der Waals surface area contributed by atoms with E-state index in [2.05, 4.69) is 11.6 Å². The van der Waals surface area contributed by atoms with Crippen molar-refractivity contribution in [2.45, 2.75) is 19.5 Å². The number of rotatable bonds is 7. The average molecular weight is 480 g/mol. The maximum atomic E-state index is 13.4. The zero-order chi connectivity index (χ0) is 25.2. The van der Waals surface area contributed by atoms with Crippen LogP contribution in [0.5, 0.6) is 5.75 Å². The molecule has 1 N–H and O–H groups in total. The predicted octanol–water partition coefficient (Wildman–Crippen LogP) is 4.83. The highest BCUT2D eigenvalue weighted by atomic mass is 16.5. The first-order valence-corrected chi connectivity index (χ1v) is 11.6. The van der Waals surface area contributed by atoms with Gasteiger partial charge in [0.2, 0.25) is 0 Å². The van der Waals surface area contributed by atoms with Crippen LogP contribution in [0.3, 0.4) is 0 Å². The van der Waals surface area contributed by atoms with Crippen molar-refractivity contribution in [2.24, 2.45) is 0 Å². The quantitative estimate of drug-likeness (QED) is 0.178. The maximum Gasteiger partial charge on any atom is 0.295 e. The van der Waals surface area contributed by atoms with Crippen LogP contribution in [0.2, 0.25) is 0 Å². The molecule has 0 spiro atoms. The number of hydrogen-bond donors (Lipinski definition) is 1. The number of amides is 1. The molecule has 0 aliphatic carbocycles. The second-order valence-corrected chi connectivity index (χ2v) is 8.56. The van der Waals surface area contributed by atoms with E-state index in [1.807, 2.05) is 54.6 Å². The van der Waals surface area contributed by atoms with E-state index in [-0.39, 0.29) is 17.9 Å². The number of imidazole rings is 1. The first-order chi connectivity index (χ1) is 17.5. The number of ketones is 1. The fourth-order valence-corrected chi connectivity index (χ4v) is 4.63. The first-order valence-electron chi connectivity index (χ1n) is 11.6. The third-order valence-electron chi connectivity index (χ3n) is 6.21. The topological polar surface area (TPSA) is 84.1 Å². The molecule has 1 amide bonds. The SMILES string of the molecule is C=CCOc1cccc(C2C(=C(O)c3c(C)nc4ccccn34)C(=O)C(=O)N2Cc2ccccc2)c1. The largest absolute Gasteiger partial charge is 0.505 e. The van der Waals surface area contributed by atoms with Gasteiger partial charge in [-0.3, -0.25) is 14.0 Å². The fourth-order valence-electron chi connectivity index (χ4n) is 4.63. The third kappa shape index (κ3) is 4.05. The highest BCUT2D eigenvalue weighted by Gasteiger charge is 2.46. The molecular formula is C29H25N3O4. The van der Waals surface area contributed by atoms with Crippen molar-refractivity contribution in [2.75, 3.05) is 6.61 Å². The number of benzene rings is 2. The lowest BCUT2D eigenvalue weighted by Gasteiger charge is -2.26. The molecule has 1 aliphatic heterocycles. The second-order valence-electron chi connectivity index (χ2n) is 8.56. The molecule has 2 aromatic carbocycles. The van der Waals surface area contributed by atoms with Gasteiger partial charge in [-0.1, -0.05) is 61.2 Å². The van der Waals surface area contributed by atoms with Gasteiger partial charge in [0.05, 0.1) is 17.3 Å². The zero-order valence-electron chi connectivity index (χ0n) is 19.8. The predicted molar refractivity (Wildman–Crippen MR) is 136 cm³/mol. The maximum absolute atomic E-state index is 13.4. The highest BCUT2D eigenvalue weighted by Crippen LogP contribution is 2.41. The third-order valence-corrected chi connectivity index (χ3v) is 6.21. The number of nitrogens with zero attached hydrogens (tertiary/aromatic N) is 3. The van der Waals surface area contributed by atoms with Gasteiger partial charge in [-0.05, 0) is 42.3 Å². The number of carbonyl (C=O) groups is 2. The van der Waals surface area contributed by atoms with Gasteiger partial charge in [-0.25, -0.2) is 4.98 Å². The average Bonchev–Trinajstić information content (AvgIpc) is 3.36. The van der Waals surface area contributed by atoms with E-state index in [4.69, 9.17) is 4.74 Å². The molecule has 7 heteroatoms. The summed E-state index contributed by atoms with van der Waals surface area (Å²) in [4.78, 5) is 32.8. The lowest BCUT2D eigenvalue weighted by Crippen LogP contribution is -2.29. The molecular weight excluding hydrogens is 454 g/mol. The van der Waals surface area contributed by atoms with E-state index in [1.165, 1.54) is 4.90 Å². The molecule has 3 heterocycles. The van der Waals surface area contributed by atoms with Gasteiger partial charge in [0.25, 0.3) is 11.7 Å². The van der Waals surface area contributed by atoms with Crippen molar-refractivity contribution in [1.29, 1.82) is 0 Å². The Balaban J connectivity index is 1.70. The number of Topliss-reactive ketones (excluding diaryl/α,β-unsaturated/α-hetero) is 1. The van der Waals surface area contributed by atoms with Crippen molar-refractivity contribution >= 4 is 23.1 Å². The van der Waals surface area contributed by atoms with Crippen LogP contribution < -0.4 is 4.74 Å². The summed E-state index contributed by atoms with van der Waals surface area (Å²) in [7, 11) is 0. The standard InChI is InChI=1S/C29H25N3O4/c1-3-16-36-22-13-9-12-21(17-22)26-24(27(33)25-19(2)30-23-14-7-8-15-31(23)25)28(34)29(35)32(26)18-20-10-5-4-6-11-20/h3-15,17,26,33H,1,16,18H2,2H3. The Morgan fingerprint density at radius 3 is 2.64 bits per heavy atom. The number of fused-ring (bicyclic) bond motifs is 1. The molecule has 5 rings (SSSR count). The Hall–Kier alpha value is -4.65. The van der Waals surface area contributed by atoms with Gasteiger partial charge in [0.1, 0.15) is 23.7 Å². The lowest BCUT2D eigenvalue weighted by atomic mass is 9.96. The smallest absolute Gasteiger partial charge is 0.295 e. The summed E-state index contributed by atoms with van der Waals surface area (Å²) in [6.07, 6.45) is 3.41. The van der Waals surface area contributed by atoms with E-state index in [9.17, 15) is 14.7 Å². The highest BCUT2D eigenvalue weighted by molar-refractivity contribution is 6.46. The molecule has 1 atom stereocenters. The van der Waals surface area contributed by atoms with E-state index in [0.29, 0.717) is 35.0 Å². The van der Waals surface area contributed by atoms with E-state index < -0.39 is 17.7 Å². The Kier molecular flexibility index (Phi) is 6.12. The summed E-state index contributed by atoms with van der Waals surface area (Å²) in [6, 6.07) is 21.3. The summed E-state index contributed by atoms with van der Waals surface area (Å²) >= 11 is 0.